The van der Waals surface area contributed by atoms with Crippen LogP contribution in [0.15, 0.2) is 29.3 Å². The van der Waals surface area contributed by atoms with Gasteiger partial charge in [-0.2, -0.15) is 0 Å². The van der Waals surface area contributed by atoms with Crippen molar-refractivity contribution in [2.45, 2.75) is 32.2 Å². The maximum absolute atomic E-state index is 11.6. The number of carbonyl (C=O) groups is 1. The monoisotopic (exact) mass is 374 g/mol. The second kappa shape index (κ2) is 7.33. The van der Waals surface area contributed by atoms with Gasteiger partial charge < -0.3 is 10.2 Å². The summed E-state index contributed by atoms with van der Waals surface area (Å²) in [6.07, 6.45) is 5.62. The Bertz CT molecular complexity index is 925. The Hall–Kier alpha value is -2.25. The van der Waals surface area contributed by atoms with E-state index in [1.807, 2.05) is 31.2 Å². The number of nitrogens with zero attached hydrogens (tertiary/aromatic N) is 2. The molecule has 1 aliphatic heterocycles. The first-order valence-electron chi connectivity index (χ1n) is 8.05. The molecular formula is C18H18N2O3S2. The summed E-state index contributed by atoms with van der Waals surface area (Å²) < 4.78 is 1.71. The lowest BCUT2D eigenvalue weighted by Crippen LogP contribution is -2.18. The lowest BCUT2D eigenvalue weighted by Gasteiger charge is -2.14. The summed E-state index contributed by atoms with van der Waals surface area (Å²) in [5, 5.41) is 20.1. The average Bonchev–Trinajstić information content (AvgIpc) is 3.11. The van der Waals surface area contributed by atoms with Crippen molar-refractivity contribution < 1.29 is 15.0 Å². The van der Waals surface area contributed by atoms with Crippen LogP contribution in [0.4, 0.5) is 5.69 Å². The maximum Gasteiger partial charge on any atom is 0.326 e. The molecule has 130 valence electrons. The van der Waals surface area contributed by atoms with Gasteiger partial charge in [0.2, 0.25) is 5.88 Å². The Kier molecular flexibility index (Phi) is 5.15. The molecule has 0 unspecified atom stereocenters. The number of para-hydroxylation sites is 1. The van der Waals surface area contributed by atoms with E-state index in [2.05, 4.69) is 4.99 Å². The molecule has 0 aliphatic carbocycles. The number of rotatable bonds is 6. The van der Waals surface area contributed by atoms with Crippen molar-refractivity contribution in [3.63, 3.8) is 0 Å². The van der Waals surface area contributed by atoms with Crippen molar-refractivity contribution in [2.24, 2.45) is 4.99 Å². The van der Waals surface area contributed by atoms with Crippen molar-refractivity contribution in [3.8, 4) is 5.88 Å². The molecule has 3 rings (SSSR count). The molecule has 5 nitrogen and oxygen atoms in total. The zero-order chi connectivity index (χ0) is 18.0. The first-order valence-corrected chi connectivity index (χ1v) is 9.27. The van der Waals surface area contributed by atoms with Crippen LogP contribution in [-0.4, -0.2) is 27.0 Å². The van der Waals surface area contributed by atoms with E-state index in [0.717, 1.165) is 29.7 Å². The van der Waals surface area contributed by atoms with Crippen LogP contribution >= 0.6 is 23.6 Å². The number of benzene rings is 1. The van der Waals surface area contributed by atoms with Crippen LogP contribution in [0.25, 0.3) is 11.6 Å². The zero-order valence-electron chi connectivity index (χ0n) is 13.7. The first-order chi connectivity index (χ1) is 12.0. The van der Waals surface area contributed by atoms with Crippen LogP contribution in [0.3, 0.4) is 0 Å². The fourth-order valence-corrected chi connectivity index (χ4v) is 4.18. The third-order valence-electron chi connectivity index (χ3n) is 4.11. The highest BCUT2D eigenvalue weighted by molar-refractivity contribution is 7.73. The predicted octanol–water partition coefficient (Wildman–Crippen LogP) is 5.06. The normalized spacial score (nSPS) is 15.5. The standard InChI is InChI=1S/C18H18N2O3S2/c1-2-3-8-14(17(22)23)20-16(21)15(25-18(20)24)9-11-10-19-13-7-5-4-6-12(11)13/h4-7,9-10,14,21H,2-3,8H2,1H3,(H,22,23)/t14-/m0/s1. The van der Waals surface area contributed by atoms with Gasteiger partial charge in [0, 0.05) is 17.4 Å². The van der Waals surface area contributed by atoms with Crippen LogP contribution in [0.1, 0.15) is 42.7 Å². The summed E-state index contributed by atoms with van der Waals surface area (Å²) in [4.78, 5) is 16.5. The molecule has 2 heterocycles. The summed E-state index contributed by atoms with van der Waals surface area (Å²) in [5.41, 5.74) is 2.73. The van der Waals surface area contributed by atoms with Crippen LogP contribution < -0.4 is 0 Å². The quantitative estimate of drug-likeness (QED) is 0.693. The number of aromatic hydroxyl groups is 1. The van der Waals surface area contributed by atoms with Crippen LogP contribution in [0, 0.1) is 3.95 Å². The van der Waals surface area contributed by atoms with Crippen LogP contribution in [0.2, 0.25) is 0 Å². The fourth-order valence-electron chi connectivity index (χ4n) is 2.82. The third-order valence-corrected chi connectivity index (χ3v) is 5.45. The number of hydrogen-bond donors (Lipinski definition) is 2. The molecule has 2 N–H and O–H groups in total. The van der Waals surface area contributed by atoms with Crippen molar-refractivity contribution >= 4 is 53.1 Å². The van der Waals surface area contributed by atoms with Crippen LogP contribution in [0.5, 0.6) is 5.88 Å². The van der Waals surface area contributed by atoms with Gasteiger partial charge in [0.1, 0.15) is 6.04 Å². The molecular weight excluding hydrogens is 356 g/mol. The van der Waals surface area contributed by atoms with Crippen LogP contribution in [-0.2, 0) is 4.79 Å². The molecule has 25 heavy (non-hydrogen) atoms. The minimum absolute atomic E-state index is 0.0937. The van der Waals surface area contributed by atoms with E-state index in [1.54, 1.807) is 12.3 Å². The molecule has 7 heteroatoms. The van der Waals surface area contributed by atoms with Gasteiger partial charge in [-0.1, -0.05) is 38.0 Å². The summed E-state index contributed by atoms with van der Waals surface area (Å²) in [6, 6.07) is 6.88. The number of carboxylic acids is 1. The number of aliphatic carboxylic acids is 1. The summed E-state index contributed by atoms with van der Waals surface area (Å²) in [5.74, 6) is -1.08. The minimum atomic E-state index is -0.982. The van der Waals surface area contributed by atoms with E-state index in [4.69, 9.17) is 12.2 Å². The maximum atomic E-state index is 11.6. The van der Waals surface area contributed by atoms with E-state index in [1.165, 1.54) is 15.9 Å². The number of hydrogen-bond acceptors (Lipinski definition) is 5. The Balaban J connectivity index is 2.01. The highest BCUT2D eigenvalue weighted by Gasteiger charge is 2.25. The highest BCUT2D eigenvalue weighted by Crippen LogP contribution is 2.37. The number of aliphatic imine (C=N–C) groups is 1. The smallest absolute Gasteiger partial charge is 0.326 e. The number of allylic oxidation sites excluding steroid dienone is 1. The summed E-state index contributed by atoms with van der Waals surface area (Å²) in [7, 11) is 0. The van der Waals surface area contributed by atoms with Gasteiger partial charge in [0.25, 0.3) is 0 Å². The molecule has 0 bridgehead atoms. The van der Waals surface area contributed by atoms with E-state index < -0.39 is 12.0 Å². The number of thiazole rings is 1. The van der Waals surface area contributed by atoms with Gasteiger partial charge in [0.15, 0.2) is 3.95 Å². The van der Waals surface area contributed by atoms with Gasteiger partial charge in [-0.3, -0.25) is 9.56 Å². The lowest BCUT2D eigenvalue weighted by atomic mass is 10.1. The van der Waals surface area contributed by atoms with Gasteiger partial charge in [-0.15, -0.1) is 11.3 Å². The Labute approximate surface area is 154 Å². The van der Waals surface area contributed by atoms with Crippen molar-refractivity contribution in [1.29, 1.82) is 0 Å². The van der Waals surface area contributed by atoms with E-state index in [0.29, 0.717) is 15.3 Å². The SMILES string of the molecule is CCCC[C@@H](C(=O)O)n1c(O)c(C=C2C=Nc3ccccc32)sc1=S. The number of fused-ring (bicyclic) bond motifs is 1. The second-order valence-electron chi connectivity index (χ2n) is 5.80. The Morgan fingerprint density at radius 1 is 1.44 bits per heavy atom. The van der Waals surface area contributed by atoms with Gasteiger partial charge in [-0.25, -0.2) is 4.79 Å². The Morgan fingerprint density at radius 2 is 2.20 bits per heavy atom. The molecule has 0 amide bonds. The summed E-state index contributed by atoms with van der Waals surface area (Å²) in [6.45, 7) is 2.00. The number of unbranched alkanes of at least 4 members (excludes halogenated alkanes) is 1. The van der Waals surface area contributed by atoms with E-state index >= 15 is 0 Å². The topological polar surface area (TPSA) is 74.8 Å². The highest BCUT2D eigenvalue weighted by atomic mass is 32.1. The lowest BCUT2D eigenvalue weighted by molar-refractivity contribution is -0.141. The van der Waals surface area contributed by atoms with Crippen molar-refractivity contribution in [2.75, 3.05) is 0 Å². The Morgan fingerprint density at radius 3 is 2.92 bits per heavy atom. The molecule has 2 aromatic rings. The molecule has 1 aromatic heterocycles. The zero-order valence-corrected chi connectivity index (χ0v) is 15.3. The average molecular weight is 374 g/mol. The molecule has 0 saturated heterocycles. The first kappa shape index (κ1) is 17.6. The number of carboxylic acid groups (broad SMARTS) is 1. The molecule has 0 saturated carbocycles. The largest absolute Gasteiger partial charge is 0.493 e. The molecule has 0 spiro atoms. The predicted molar refractivity (Wildman–Crippen MR) is 103 cm³/mol. The minimum Gasteiger partial charge on any atom is -0.493 e. The molecule has 1 aliphatic rings. The van der Waals surface area contributed by atoms with E-state index in [9.17, 15) is 15.0 Å². The van der Waals surface area contributed by atoms with E-state index in [-0.39, 0.29) is 5.88 Å². The molecule has 0 radical (unpaired) electrons. The fraction of sp³-hybridized carbons (Fsp3) is 0.278. The third kappa shape index (κ3) is 3.43. The summed E-state index contributed by atoms with van der Waals surface area (Å²) >= 11 is 6.53. The molecule has 1 aromatic carbocycles. The van der Waals surface area contributed by atoms with Gasteiger partial charge in [0.05, 0.1) is 10.6 Å². The molecule has 1 atom stereocenters. The van der Waals surface area contributed by atoms with Gasteiger partial charge in [-0.05, 0) is 30.8 Å². The van der Waals surface area contributed by atoms with Crippen molar-refractivity contribution in [1.82, 2.24) is 4.57 Å². The van der Waals surface area contributed by atoms with Crippen molar-refractivity contribution in [3.05, 3.63) is 38.7 Å². The van der Waals surface area contributed by atoms with Gasteiger partial charge >= 0.3 is 5.97 Å². The number of aromatic nitrogens is 1. The second-order valence-corrected chi connectivity index (χ2v) is 7.47. The molecule has 0 fully saturated rings.